The Morgan fingerprint density at radius 1 is 0.812 bits per heavy atom. The van der Waals surface area contributed by atoms with Crippen LogP contribution in [0.25, 0.3) is 11.3 Å². The summed E-state index contributed by atoms with van der Waals surface area (Å²) in [7, 11) is 0. The number of halogens is 4. The molecule has 0 aliphatic rings. The monoisotopic (exact) mass is 504 g/mol. The minimum absolute atomic E-state index is 0.414. The number of nitrogens with one attached hydrogen (secondary N) is 3. The fraction of sp³-hybridized carbons (Fsp3) is 0.0435. The van der Waals surface area contributed by atoms with Crippen LogP contribution in [-0.4, -0.2) is 16.2 Å². The zero-order chi connectivity index (χ0) is 22.7. The Morgan fingerprint density at radius 2 is 1.44 bits per heavy atom. The van der Waals surface area contributed by atoms with Gasteiger partial charge in [-0.3, -0.25) is 5.10 Å². The number of anilines is 1. The predicted molar refractivity (Wildman–Crippen MR) is 131 cm³/mol. The maximum Gasteiger partial charge on any atom is 0.320 e. The van der Waals surface area contributed by atoms with Crippen LogP contribution in [-0.2, 0) is 0 Å². The van der Waals surface area contributed by atoms with E-state index in [-0.39, 0.29) is 0 Å². The van der Waals surface area contributed by atoms with Gasteiger partial charge in [-0.25, -0.2) is 4.79 Å². The van der Waals surface area contributed by atoms with E-state index >= 15 is 0 Å². The van der Waals surface area contributed by atoms with Crippen LogP contribution in [0.2, 0.25) is 20.1 Å². The molecule has 1 unspecified atom stereocenters. The number of carbonyl (C=O) groups is 1. The molecule has 3 aromatic carbocycles. The van der Waals surface area contributed by atoms with Gasteiger partial charge in [0.05, 0.1) is 17.4 Å². The quantitative estimate of drug-likeness (QED) is 0.261. The maximum absolute atomic E-state index is 12.8. The first-order chi connectivity index (χ1) is 15.4. The van der Waals surface area contributed by atoms with Gasteiger partial charge in [0.2, 0.25) is 0 Å². The average molecular weight is 506 g/mol. The Balaban J connectivity index is 1.64. The van der Waals surface area contributed by atoms with Crippen LogP contribution in [0, 0.1) is 0 Å². The number of H-pyrrole nitrogens is 1. The molecule has 0 saturated carbocycles. The van der Waals surface area contributed by atoms with Crippen molar-refractivity contribution < 1.29 is 4.79 Å². The number of hydrogen-bond acceptors (Lipinski definition) is 2. The third-order valence-corrected chi connectivity index (χ3v) is 5.77. The number of hydrogen-bond donors (Lipinski definition) is 3. The molecule has 4 aromatic rings. The lowest BCUT2D eigenvalue weighted by atomic mass is 10.0. The Hall–Kier alpha value is -2.70. The Labute approximate surface area is 204 Å². The van der Waals surface area contributed by atoms with Crippen molar-refractivity contribution in [3.63, 3.8) is 0 Å². The highest BCUT2D eigenvalue weighted by Crippen LogP contribution is 2.32. The first kappa shape index (κ1) is 22.5. The minimum atomic E-state index is -0.611. The zero-order valence-corrected chi connectivity index (χ0v) is 19.4. The fourth-order valence-corrected chi connectivity index (χ4v) is 3.91. The molecule has 1 heterocycles. The molecule has 5 nitrogen and oxygen atoms in total. The van der Waals surface area contributed by atoms with Gasteiger partial charge in [-0.1, -0.05) is 64.6 Å². The van der Waals surface area contributed by atoms with Crippen LogP contribution in [0.5, 0.6) is 0 Å². The van der Waals surface area contributed by atoms with Crippen molar-refractivity contribution in [3.8, 4) is 11.3 Å². The van der Waals surface area contributed by atoms with Crippen LogP contribution in [0.4, 0.5) is 10.5 Å². The number of amides is 2. The van der Waals surface area contributed by atoms with E-state index in [0.29, 0.717) is 42.7 Å². The van der Waals surface area contributed by atoms with E-state index in [0.717, 1.165) is 5.56 Å². The number of urea groups is 1. The lowest BCUT2D eigenvalue weighted by molar-refractivity contribution is 0.250. The van der Waals surface area contributed by atoms with Crippen molar-refractivity contribution in [2.75, 3.05) is 5.32 Å². The van der Waals surface area contributed by atoms with Gasteiger partial charge < -0.3 is 10.6 Å². The van der Waals surface area contributed by atoms with Gasteiger partial charge in [-0.2, -0.15) is 5.10 Å². The zero-order valence-electron chi connectivity index (χ0n) is 16.4. The van der Waals surface area contributed by atoms with E-state index in [4.69, 9.17) is 46.4 Å². The van der Waals surface area contributed by atoms with Gasteiger partial charge in [-0.05, 0) is 60.2 Å². The summed E-state index contributed by atoms with van der Waals surface area (Å²) in [6.07, 6.45) is 0. The lowest BCUT2D eigenvalue weighted by Crippen LogP contribution is -2.33. The first-order valence-corrected chi connectivity index (χ1v) is 11.0. The summed E-state index contributed by atoms with van der Waals surface area (Å²) < 4.78 is 0. The van der Waals surface area contributed by atoms with Gasteiger partial charge >= 0.3 is 6.03 Å². The summed E-state index contributed by atoms with van der Waals surface area (Å²) in [4.78, 5) is 12.8. The predicted octanol–water partition coefficient (Wildman–Crippen LogP) is 7.60. The van der Waals surface area contributed by atoms with Crippen LogP contribution < -0.4 is 10.6 Å². The van der Waals surface area contributed by atoms with Gasteiger partial charge in [-0.15, -0.1) is 0 Å². The molecule has 9 heteroatoms. The number of aromatic nitrogens is 2. The molecule has 1 aromatic heterocycles. The standard InChI is InChI=1S/C23H16Cl4N4O/c24-14-3-1-13(2-4-14)20-12-21(31-30-20)22(18-10-7-16(26)11-19(18)27)29-23(32)28-17-8-5-15(25)6-9-17/h1-12,22H,(H,30,31)(H2,28,29,32). The normalized spacial score (nSPS) is 11.8. The summed E-state index contributed by atoms with van der Waals surface area (Å²) in [5.41, 5.74) is 3.48. The summed E-state index contributed by atoms with van der Waals surface area (Å²) in [6.45, 7) is 0. The van der Waals surface area contributed by atoms with Crippen molar-refractivity contribution in [2.45, 2.75) is 6.04 Å². The van der Waals surface area contributed by atoms with Crippen molar-refractivity contribution in [1.82, 2.24) is 15.5 Å². The van der Waals surface area contributed by atoms with Gasteiger partial charge in [0.15, 0.2) is 0 Å². The summed E-state index contributed by atoms with van der Waals surface area (Å²) in [5, 5.41) is 15.2. The second-order valence-electron chi connectivity index (χ2n) is 6.92. The lowest BCUT2D eigenvalue weighted by Gasteiger charge is -2.19. The summed E-state index contributed by atoms with van der Waals surface area (Å²) in [6, 6.07) is 20.0. The van der Waals surface area contributed by atoms with E-state index in [9.17, 15) is 4.79 Å². The maximum atomic E-state index is 12.8. The second kappa shape index (κ2) is 9.84. The fourth-order valence-electron chi connectivity index (χ4n) is 3.14. The molecule has 2 amide bonds. The topological polar surface area (TPSA) is 69.8 Å². The molecule has 162 valence electrons. The van der Waals surface area contributed by atoms with Crippen molar-refractivity contribution in [1.29, 1.82) is 0 Å². The Bertz CT molecular complexity index is 1240. The summed E-state index contributed by atoms with van der Waals surface area (Å²) >= 11 is 24.4. The van der Waals surface area contributed by atoms with Gasteiger partial charge in [0, 0.05) is 31.3 Å². The van der Waals surface area contributed by atoms with Crippen molar-refractivity contribution >= 4 is 58.1 Å². The highest BCUT2D eigenvalue weighted by atomic mass is 35.5. The minimum Gasteiger partial charge on any atom is -0.325 e. The van der Waals surface area contributed by atoms with Crippen molar-refractivity contribution in [3.05, 3.63) is 104 Å². The third kappa shape index (κ3) is 5.37. The number of carbonyl (C=O) groups excluding carboxylic acids is 1. The van der Waals surface area contributed by atoms with Crippen molar-refractivity contribution in [2.24, 2.45) is 0 Å². The highest BCUT2D eigenvalue weighted by Gasteiger charge is 2.22. The third-order valence-electron chi connectivity index (χ3n) is 4.70. The van der Waals surface area contributed by atoms with Crippen LogP contribution in [0.3, 0.4) is 0 Å². The molecule has 0 spiro atoms. The highest BCUT2D eigenvalue weighted by molar-refractivity contribution is 6.35. The summed E-state index contributed by atoms with van der Waals surface area (Å²) in [5.74, 6) is 0. The van der Waals surface area contributed by atoms with Gasteiger partial charge in [0.1, 0.15) is 0 Å². The number of rotatable bonds is 5. The van der Waals surface area contributed by atoms with E-state index in [2.05, 4.69) is 20.8 Å². The molecule has 0 saturated heterocycles. The molecule has 0 fully saturated rings. The molecule has 3 N–H and O–H groups in total. The molecule has 0 aliphatic carbocycles. The van der Waals surface area contributed by atoms with Crippen LogP contribution in [0.1, 0.15) is 17.3 Å². The Kier molecular flexibility index (Phi) is 6.92. The van der Waals surface area contributed by atoms with Gasteiger partial charge in [0.25, 0.3) is 0 Å². The molecular formula is C23H16Cl4N4O. The number of nitrogens with zero attached hydrogens (tertiary/aromatic N) is 1. The molecule has 0 bridgehead atoms. The van der Waals surface area contributed by atoms with Crippen LogP contribution in [0.15, 0.2) is 72.8 Å². The second-order valence-corrected chi connectivity index (χ2v) is 8.64. The molecule has 0 aliphatic heterocycles. The molecular weight excluding hydrogens is 490 g/mol. The number of aromatic amines is 1. The molecule has 32 heavy (non-hydrogen) atoms. The van der Waals surface area contributed by atoms with E-state index < -0.39 is 12.1 Å². The molecule has 0 radical (unpaired) electrons. The van der Waals surface area contributed by atoms with E-state index in [1.54, 1.807) is 54.6 Å². The Morgan fingerprint density at radius 3 is 2.09 bits per heavy atom. The van der Waals surface area contributed by atoms with Crippen LogP contribution >= 0.6 is 46.4 Å². The smallest absolute Gasteiger partial charge is 0.320 e. The first-order valence-electron chi connectivity index (χ1n) is 9.48. The molecule has 1 atom stereocenters. The molecule has 4 rings (SSSR count). The average Bonchev–Trinajstić information content (AvgIpc) is 3.25. The largest absolute Gasteiger partial charge is 0.325 e. The van der Waals surface area contributed by atoms with E-state index in [1.165, 1.54) is 0 Å². The van der Waals surface area contributed by atoms with E-state index in [1.807, 2.05) is 18.2 Å². The SMILES string of the molecule is O=C(Nc1ccc(Cl)cc1)NC(c1cc(-c2ccc(Cl)cc2)n[nH]1)c1ccc(Cl)cc1Cl. The number of benzene rings is 3.